The van der Waals surface area contributed by atoms with Gasteiger partial charge in [0.1, 0.15) is 22.3 Å². The molecule has 5 rings (SSSR count). The Kier molecular flexibility index (Phi) is 5.22. The molecule has 3 heterocycles. The molecule has 0 unspecified atom stereocenters. The SMILES string of the molecule is N[C@@H]1[C@H](CO)N(CC2CC2)[C@]2(Cc3ccc(Cl)nc3NC2=O)[C@H]1c1cccc(Cl)c1F. The maximum atomic E-state index is 15.2. The molecular weight excluding hydrogens is 442 g/mol. The molecule has 4 N–H and O–H groups in total. The van der Waals surface area contributed by atoms with Crippen molar-refractivity contribution in [1.82, 2.24) is 9.88 Å². The summed E-state index contributed by atoms with van der Waals surface area (Å²) >= 11 is 12.1. The van der Waals surface area contributed by atoms with Gasteiger partial charge >= 0.3 is 0 Å². The summed E-state index contributed by atoms with van der Waals surface area (Å²) in [5.41, 5.74) is 6.56. The molecule has 0 bridgehead atoms. The van der Waals surface area contributed by atoms with E-state index in [1.54, 1.807) is 18.2 Å². The lowest BCUT2D eigenvalue weighted by molar-refractivity contribution is -0.129. The highest BCUT2D eigenvalue weighted by Gasteiger charge is 2.64. The number of aliphatic hydroxyl groups excluding tert-OH is 1. The zero-order chi connectivity index (χ0) is 21.9. The zero-order valence-corrected chi connectivity index (χ0v) is 18.2. The highest BCUT2D eigenvalue weighted by atomic mass is 35.5. The van der Waals surface area contributed by atoms with Crippen molar-refractivity contribution in [3.63, 3.8) is 0 Å². The fourth-order valence-electron chi connectivity index (χ4n) is 5.33. The number of aromatic nitrogens is 1. The number of anilines is 1. The number of halogens is 3. The van der Waals surface area contributed by atoms with Crippen LogP contribution in [0.25, 0.3) is 0 Å². The molecule has 1 spiro atoms. The Morgan fingerprint density at radius 1 is 1.29 bits per heavy atom. The Balaban J connectivity index is 1.71. The Bertz CT molecular complexity index is 1050. The van der Waals surface area contributed by atoms with Gasteiger partial charge in [-0.1, -0.05) is 41.4 Å². The minimum Gasteiger partial charge on any atom is -0.395 e. The highest BCUT2D eigenvalue weighted by Crippen LogP contribution is 2.52. The van der Waals surface area contributed by atoms with Crippen molar-refractivity contribution in [2.75, 3.05) is 18.5 Å². The number of amides is 1. The number of likely N-dealkylation sites (tertiary alicyclic amines) is 1. The predicted molar refractivity (Wildman–Crippen MR) is 117 cm³/mol. The normalized spacial score (nSPS) is 30.5. The minimum absolute atomic E-state index is 0.0221. The molecule has 1 saturated heterocycles. The van der Waals surface area contributed by atoms with Gasteiger partial charge in [0.15, 0.2) is 0 Å². The summed E-state index contributed by atoms with van der Waals surface area (Å²) in [6, 6.07) is 7.11. The van der Waals surface area contributed by atoms with Gasteiger partial charge in [-0.2, -0.15) is 0 Å². The van der Waals surface area contributed by atoms with Crippen LogP contribution in [0.5, 0.6) is 0 Å². The van der Waals surface area contributed by atoms with Crippen molar-refractivity contribution in [2.45, 2.75) is 42.8 Å². The van der Waals surface area contributed by atoms with Gasteiger partial charge in [-0.25, -0.2) is 9.37 Å². The maximum absolute atomic E-state index is 15.2. The number of benzene rings is 1. The first-order chi connectivity index (χ1) is 14.9. The molecule has 1 aromatic heterocycles. The fourth-order valence-corrected chi connectivity index (χ4v) is 5.66. The van der Waals surface area contributed by atoms with E-state index >= 15 is 4.39 Å². The number of hydrogen-bond acceptors (Lipinski definition) is 5. The van der Waals surface area contributed by atoms with Crippen molar-refractivity contribution < 1.29 is 14.3 Å². The molecule has 2 aromatic rings. The van der Waals surface area contributed by atoms with Gasteiger partial charge in [-0.05, 0) is 42.0 Å². The lowest BCUT2D eigenvalue weighted by Gasteiger charge is -2.45. The van der Waals surface area contributed by atoms with E-state index in [0.717, 1.165) is 18.4 Å². The van der Waals surface area contributed by atoms with E-state index in [4.69, 9.17) is 28.9 Å². The highest BCUT2D eigenvalue weighted by molar-refractivity contribution is 6.30. The molecule has 9 heteroatoms. The summed E-state index contributed by atoms with van der Waals surface area (Å²) in [5.74, 6) is -0.765. The van der Waals surface area contributed by atoms with E-state index in [-0.39, 0.29) is 34.7 Å². The third-order valence-corrected chi connectivity index (χ3v) is 7.44. The van der Waals surface area contributed by atoms with Gasteiger partial charge < -0.3 is 16.2 Å². The van der Waals surface area contributed by atoms with Crippen LogP contribution in [0.15, 0.2) is 30.3 Å². The molecule has 31 heavy (non-hydrogen) atoms. The Morgan fingerprint density at radius 2 is 2.06 bits per heavy atom. The number of pyridine rings is 1. The van der Waals surface area contributed by atoms with Crippen molar-refractivity contribution in [3.05, 3.63) is 57.5 Å². The number of carbonyl (C=O) groups is 1. The van der Waals surface area contributed by atoms with Gasteiger partial charge in [0.2, 0.25) is 5.91 Å². The first kappa shape index (κ1) is 21.1. The van der Waals surface area contributed by atoms with E-state index in [2.05, 4.69) is 10.3 Å². The number of carbonyl (C=O) groups excluding carboxylic acids is 1. The average molecular weight is 465 g/mol. The van der Waals surface area contributed by atoms with Crippen molar-refractivity contribution >= 4 is 34.9 Å². The van der Waals surface area contributed by atoms with E-state index in [9.17, 15) is 9.90 Å². The summed E-state index contributed by atoms with van der Waals surface area (Å²) in [7, 11) is 0. The van der Waals surface area contributed by atoms with Crippen LogP contribution in [-0.2, 0) is 11.2 Å². The summed E-state index contributed by atoms with van der Waals surface area (Å²) in [5, 5.41) is 13.4. The van der Waals surface area contributed by atoms with Crippen LogP contribution in [0.4, 0.5) is 10.2 Å². The van der Waals surface area contributed by atoms with Crippen LogP contribution >= 0.6 is 23.2 Å². The predicted octanol–water partition coefficient (Wildman–Crippen LogP) is 2.96. The molecule has 3 aliphatic rings. The third kappa shape index (κ3) is 3.26. The van der Waals surface area contributed by atoms with Crippen molar-refractivity contribution in [3.8, 4) is 0 Å². The summed E-state index contributed by atoms with van der Waals surface area (Å²) in [4.78, 5) is 20.0. The fraction of sp³-hybridized carbons (Fsp3) is 0.455. The molecule has 1 aliphatic carbocycles. The molecule has 6 nitrogen and oxygen atoms in total. The molecule has 2 fully saturated rings. The second-order valence-electron chi connectivity index (χ2n) is 8.74. The Labute approximate surface area is 189 Å². The number of nitrogens with zero attached hydrogens (tertiary/aromatic N) is 2. The summed E-state index contributed by atoms with van der Waals surface area (Å²) in [6.07, 6.45) is 2.41. The molecule has 2 aliphatic heterocycles. The van der Waals surface area contributed by atoms with E-state index in [1.165, 1.54) is 6.07 Å². The molecular formula is C22H23Cl2FN4O2. The third-order valence-electron chi connectivity index (χ3n) is 6.94. The number of fused-ring (bicyclic) bond motifs is 1. The van der Waals surface area contributed by atoms with E-state index in [0.29, 0.717) is 18.3 Å². The van der Waals surface area contributed by atoms with Gasteiger partial charge in [-0.15, -0.1) is 0 Å². The van der Waals surface area contributed by atoms with Crippen LogP contribution < -0.4 is 11.1 Å². The van der Waals surface area contributed by atoms with E-state index < -0.39 is 29.4 Å². The second kappa shape index (κ2) is 7.67. The maximum Gasteiger partial charge on any atom is 0.247 e. The summed E-state index contributed by atoms with van der Waals surface area (Å²) < 4.78 is 15.2. The quantitative estimate of drug-likeness (QED) is 0.605. The van der Waals surface area contributed by atoms with Gasteiger partial charge in [0.25, 0.3) is 0 Å². The standard InChI is InChI=1S/C22H23Cl2FN4O2/c23-14-3-1-2-13(18(14)25)17-19(26)15(10-30)29(9-11-4-5-11)22(17)8-12-6-7-16(24)27-20(12)28-21(22)31/h1-3,6-7,11,15,17,19,30H,4-5,8-10,26H2,(H,27,28,31)/t15-,17-,19+,22+/m0/s1. The Hall–Kier alpha value is -1.77. The van der Waals surface area contributed by atoms with Crippen LogP contribution in [0.2, 0.25) is 10.2 Å². The molecule has 1 amide bonds. The first-order valence-electron chi connectivity index (χ1n) is 10.4. The molecule has 0 radical (unpaired) electrons. The Morgan fingerprint density at radius 3 is 2.77 bits per heavy atom. The number of nitrogens with two attached hydrogens (primary N) is 1. The lowest BCUT2D eigenvalue weighted by Crippen LogP contribution is -2.61. The van der Waals surface area contributed by atoms with Crippen LogP contribution in [0.3, 0.4) is 0 Å². The van der Waals surface area contributed by atoms with Crippen molar-refractivity contribution in [1.29, 1.82) is 0 Å². The van der Waals surface area contributed by atoms with Gasteiger partial charge in [0.05, 0.1) is 11.6 Å². The largest absolute Gasteiger partial charge is 0.395 e. The monoisotopic (exact) mass is 464 g/mol. The number of aliphatic hydroxyl groups is 1. The first-order valence-corrected chi connectivity index (χ1v) is 11.2. The van der Waals surface area contributed by atoms with Crippen LogP contribution in [-0.4, -0.2) is 51.7 Å². The van der Waals surface area contributed by atoms with Crippen LogP contribution in [0, 0.1) is 11.7 Å². The lowest BCUT2D eigenvalue weighted by atomic mass is 9.72. The van der Waals surface area contributed by atoms with Crippen molar-refractivity contribution in [2.24, 2.45) is 11.7 Å². The van der Waals surface area contributed by atoms with E-state index in [1.807, 2.05) is 11.0 Å². The number of nitrogens with one attached hydrogen (secondary N) is 1. The average Bonchev–Trinajstić information content (AvgIpc) is 3.52. The van der Waals surface area contributed by atoms with Crippen LogP contribution in [0.1, 0.15) is 29.9 Å². The zero-order valence-electron chi connectivity index (χ0n) is 16.7. The van der Waals surface area contributed by atoms with Gasteiger partial charge in [0, 0.05) is 31.0 Å². The second-order valence-corrected chi connectivity index (χ2v) is 9.54. The smallest absolute Gasteiger partial charge is 0.247 e. The minimum atomic E-state index is -1.18. The molecule has 1 aromatic carbocycles. The van der Waals surface area contributed by atoms with Gasteiger partial charge in [-0.3, -0.25) is 9.69 Å². The number of hydrogen-bond donors (Lipinski definition) is 3. The molecule has 4 atom stereocenters. The molecule has 1 saturated carbocycles. The summed E-state index contributed by atoms with van der Waals surface area (Å²) in [6.45, 7) is 0.384. The molecule has 164 valence electrons. The topological polar surface area (TPSA) is 91.5 Å². The number of rotatable bonds is 4.